The minimum atomic E-state index is -0.291. The maximum atomic E-state index is 11.2. The molecule has 0 bridgehead atoms. The monoisotopic (exact) mass is 321 g/mol. The SMILES string of the molecule is COC(=O)CSc1nnc(COc2ccc(C)cc2C)n1C. The highest BCUT2D eigenvalue weighted by Gasteiger charge is 2.12. The number of methoxy groups -OCH3 is 1. The second-order valence-corrected chi connectivity index (χ2v) is 5.82. The number of carbonyl (C=O) groups is 1. The van der Waals surface area contributed by atoms with Gasteiger partial charge in [0.05, 0.1) is 12.9 Å². The zero-order valence-electron chi connectivity index (χ0n) is 13.1. The molecule has 1 aromatic carbocycles. The number of rotatable bonds is 6. The van der Waals surface area contributed by atoms with Gasteiger partial charge < -0.3 is 14.0 Å². The highest BCUT2D eigenvalue weighted by atomic mass is 32.2. The third-order valence-electron chi connectivity index (χ3n) is 3.16. The Morgan fingerprint density at radius 1 is 1.32 bits per heavy atom. The molecule has 118 valence electrons. The highest BCUT2D eigenvalue weighted by molar-refractivity contribution is 7.99. The van der Waals surface area contributed by atoms with Crippen LogP contribution in [0.4, 0.5) is 0 Å². The average molecular weight is 321 g/mol. The van der Waals surface area contributed by atoms with Gasteiger partial charge in [0.1, 0.15) is 12.4 Å². The van der Waals surface area contributed by atoms with E-state index in [2.05, 4.69) is 21.0 Å². The summed E-state index contributed by atoms with van der Waals surface area (Å²) in [5.74, 6) is 1.45. The van der Waals surface area contributed by atoms with Crippen LogP contribution < -0.4 is 4.74 Å². The molecule has 2 aromatic rings. The fraction of sp³-hybridized carbons (Fsp3) is 0.400. The summed E-state index contributed by atoms with van der Waals surface area (Å²) in [7, 11) is 3.21. The first-order valence-electron chi connectivity index (χ1n) is 6.79. The van der Waals surface area contributed by atoms with E-state index in [9.17, 15) is 4.79 Å². The second kappa shape index (κ2) is 7.31. The van der Waals surface area contributed by atoms with Crippen LogP contribution in [0.1, 0.15) is 17.0 Å². The molecule has 7 heteroatoms. The van der Waals surface area contributed by atoms with Gasteiger partial charge in [-0.15, -0.1) is 10.2 Å². The summed E-state index contributed by atoms with van der Waals surface area (Å²) >= 11 is 1.29. The number of hydrogen-bond donors (Lipinski definition) is 0. The number of carbonyl (C=O) groups excluding carboxylic acids is 1. The van der Waals surface area contributed by atoms with E-state index < -0.39 is 0 Å². The first-order valence-corrected chi connectivity index (χ1v) is 7.77. The molecule has 22 heavy (non-hydrogen) atoms. The molecule has 0 N–H and O–H groups in total. The second-order valence-electron chi connectivity index (χ2n) is 4.88. The van der Waals surface area contributed by atoms with E-state index >= 15 is 0 Å². The number of hydrogen-bond acceptors (Lipinski definition) is 6. The minimum Gasteiger partial charge on any atom is -0.485 e. The zero-order valence-corrected chi connectivity index (χ0v) is 13.9. The number of aryl methyl sites for hydroxylation is 2. The van der Waals surface area contributed by atoms with Gasteiger partial charge in [-0.05, 0) is 25.5 Å². The molecule has 0 unspecified atom stereocenters. The molecule has 0 atom stereocenters. The van der Waals surface area contributed by atoms with Gasteiger partial charge >= 0.3 is 5.97 Å². The van der Waals surface area contributed by atoms with Crippen LogP contribution in [0.3, 0.4) is 0 Å². The molecule has 0 aliphatic heterocycles. The number of thioether (sulfide) groups is 1. The molecule has 6 nitrogen and oxygen atoms in total. The fourth-order valence-electron chi connectivity index (χ4n) is 1.88. The molecule has 0 aliphatic carbocycles. The van der Waals surface area contributed by atoms with Crippen molar-refractivity contribution in [1.29, 1.82) is 0 Å². The lowest BCUT2D eigenvalue weighted by Crippen LogP contribution is -2.07. The Morgan fingerprint density at radius 3 is 2.77 bits per heavy atom. The van der Waals surface area contributed by atoms with E-state index in [1.54, 1.807) is 0 Å². The van der Waals surface area contributed by atoms with Gasteiger partial charge in [-0.1, -0.05) is 29.5 Å². The van der Waals surface area contributed by atoms with Crippen LogP contribution in [0.15, 0.2) is 23.4 Å². The molecule has 0 saturated heterocycles. The Hall–Kier alpha value is -2.02. The van der Waals surface area contributed by atoms with Crippen molar-refractivity contribution in [2.24, 2.45) is 7.05 Å². The number of benzene rings is 1. The molecule has 0 amide bonds. The van der Waals surface area contributed by atoms with Gasteiger partial charge in [-0.2, -0.15) is 0 Å². The summed E-state index contributed by atoms with van der Waals surface area (Å²) in [4.78, 5) is 11.2. The van der Waals surface area contributed by atoms with Gasteiger partial charge in [-0.3, -0.25) is 4.79 Å². The van der Waals surface area contributed by atoms with Gasteiger partial charge in [0.25, 0.3) is 0 Å². The third-order valence-corrected chi connectivity index (χ3v) is 4.15. The van der Waals surface area contributed by atoms with E-state index in [0.717, 1.165) is 11.3 Å². The first kappa shape index (κ1) is 16.4. The predicted octanol–water partition coefficient (Wildman–Crippen LogP) is 2.28. The number of esters is 1. The number of ether oxygens (including phenoxy) is 2. The van der Waals surface area contributed by atoms with Crippen molar-refractivity contribution in [2.75, 3.05) is 12.9 Å². The van der Waals surface area contributed by atoms with Crippen molar-refractivity contribution in [3.63, 3.8) is 0 Å². The smallest absolute Gasteiger partial charge is 0.316 e. The summed E-state index contributed by atoms with van der Waals surface area (Å²) in [5.41, 5.74) is 2.28. The zero-order chi connectivity index (χ0) is 16.1. The molecule has 1 heterocycles. The largest absolute Gasteiger partial charge is 0.485 e. The van der Waals surface area contributed by atoms with E-state index in [1.807, 2.05) is 37.6 Å². The predicted molar refractivity (Wildman–Crippen MR) is 84.0 cm³/mol. The van der Waals surface area contributed by atoms with Gasteiger partial charge in [-0.25, -0.2) is 0 Å². The minimum absolute atomic E-state index is 0.209. The van der Waals surface area contributed by atoms with Gasteiger partial charge in [0.2, 0.25) is 0 Å². The van der Waals surface area contributed by atoms with Crippen molar-refractivity contribution in [1.82, 2.24) is 14.8 Å². The van der Waals surface area contributed by atoms with E-state index in [4.69, 9.17) is 4.74 Å². The summed E-state index contributed by atoms with van der Waals surface area (Å²) in [5, 5.41) is 8.81. The van der Waals surface area contributed by atoms with E-state index in [1.165, 1.54) is 24.4 Å². The van der Waals surface area contributed by atoms with Crippen LogP contribution in [0.25, 0.3) is 0 Å². The molecule has 2 rings (SSSR count). The lowest BCUT2D eigenvalue weighted by Gasteiger charge is -2.09. The fourth-order valence-corrected chi connectivity index (χ4v) is 2.64. The molecule has 1 aromatic heterocycles. The van der Waals surface area contributed by atoms with E-state index in [-0.39, 0.29) is 11.7 Å². The molecular weight excluding hydrogens is 302 g/mol. The topological polar surface area (TPSA) is 66.2 Å². The van der Waals surface area contributed by atoms with Crippen molar-refractivity contribution < 1.29 is 14.3 Å². The van der Waals surface area contributed by atoms with Crippen molar-refractivity contribution in [2.45, 2.75) is 25.6 Å². The number of nitrogens with zero attached hydrogens (tertiary/aromatic N) is 3. The standard InChI is InChI=1S/C15H19N3O3S/c1-10-5-6-12(11(2)7-10)21-8-13-16-17-15(18(13)3)22-9-14(19)20-4/h5-7H,8-9H2,1-4H3. The Balaban J connectivity index is 1.99. The molecular formula is C15H19N3O3S. The third kappa shape index (κ3) is 4.00. The van der Waals surface area contributed by atoms with Crippen LogP contribution in [0, 0.1) is 13.8 Å². The van der Waals surface area contributed by atoms with Crippen LogP contribution >= 0.6 is 11.8 Å². The van der Waals surface area contributed by atoms with Crippen LogP contribution in [0.2, 0.25) is 0 Å². The Bertz CT molecular complexity index is 670. The van der Waals surface area contributed by atoms with Crippen LogP contribution in [0.5, 0.6) is 5.75 Å². The summed E-state index contributed by atoms with van der Waals surface area (Å²) in [6, 6.07) is 6.04. The van der Waals surface area contributed by atoms with Crippen molar-refractivity contribution >= 4 is 17.7 Å². The van der Waals surface area contributed by atoms with Crippen molar-refractivity contribution in [3.05, 3.63) is 35.2 Å². The molecule has 0 fully saturated rings. The molecule has 0 saturated carbocycles. The number of aromatic nitrogens is 3. The summed E-state index contributed by atoms with van der Waals surface area (Å²) < 4.78 is 12.2. The Kier molecular flexibility index (Phi) is 5.43. The summed E-state index contributed by atoms with van der Waals surface area (Å²) in [6.07, 6.45) is 0. The maximum Gasteiger partial charge on any atom is 0.316 e. The van der Waals surface area contributed by atoms with Gasteiger partial charge in [0, 0.05) is 7.05 Å². The average Bonchev–Trinajstić information content (AvgIpc) is 2.84. The first-order chi connectivity index (χ1) is 10.5. The van der Waals surface area contributed by atoms with Crippen LogP contribution in [-0.2, 0) is 23.2 Å². The maximum absolute atomic E-state index is 11.2. The van der Waals surface area contributed by atoms with Crippen LogP contribution in [-0.4, -0.2) is 33.6 Å². The van der Waals surface area contributed by atoms with Crippen molar-refractivity contribution in [3.8, 4) is 5.75 Å². The quantitative estimate of drug-likeness (QED) is 0.601. The van der Waals surface area contributed by atoms with E-state index in [0.29, 0.717) is 17.6 Å². The molecule has 0 radical (unpaired) electrons. The highest BCUT2D eigenvalue weighted by Crippen LogP contribution is 2.21. The molecule has 0 spiro atoms. The van der Waals surface area contributed by atoms with Gasteiger partial charge in [0.15, 0.2) is 11.0 Å². The lowest BCUT2D eigenvalue weighted by atomic mass is 10.1. The lowest BCUT2D eigenvalue weighted by molar-refractivity contribution is -0.137. The Labute approximate surface area is 133 Å². The summed E-state index contributed by atoms with van der Waals surface area (Å²) in [6.45, 7) is 4.38. The molecule has 0 aliphatic rings. The Morgan fingerprint density at radius 2 is 2.09 bits per heavy atom. The normalized spacial score (nSPS) is 10.5.